The van der Waals surface area contributed by atoms with Crippen molar-refractivity contribution in [3.63, 3.8) is 0 Å². The molecule has 1 amide bonds. The van der Waals surface area contributed by atoms with Crippen molar-refractivity contribution in [1.82, 2.24) is 15.1 Å². The fourth-order valence-electron chi connectivity index (χ4n) is 1.44. The smallest absolute Gasteiger partial charge is 0.326 e. The van der Waals surface area contributed by atoms with Gasteiger partial charge in [-0.1, -0.05) is 6.92 Å². The van der Waals surface area contributed by atoms with Gasteiger partial charge in [0.15, 0.2) is 0 Å². The largest absolute Gasteiger partial charge is 0.480 e. The molecule has 0 radical (unpaired) electrons. The standard InChI is InChI=1S/C10H15N3O3/c1-3-7-4-8(13(2)12-7)5-9(10(15)16)11-6-14/h4,6,9H,3,5H2,1-2H3,(H,11,14)(H,15,16). The minimum absolute atomic E-state index is 0.234. The highest BCUT2D eigenvalue weighted by Gasteiger charge is 2.18. The number of rotatable bonds is 6. The number of aryl methyl sites for hydroxylation is 2. The number of aliphatic carboxylic acids is 1. The van der Waals surface area contributed by atoms with Gasteiger partial charge in [0.1, 0.15) is 6.04 Å². The molecule has 0 saturated carbocycles. The predicted molar refractivity (Wildman–Crippen MR) is 56.9 cm³/mol. The molecule has 1 aromatic heterocycles. The van der Waals surface area contributed by atoms with Crippen LogP contribution in [0.25, 0.3) is 0 Å². The van der Waals surface area contributed by atoms with Crippen molar-refractivity contribution in [3.05, 3.63) is 17.5 Å². The lowest BCUT2D eigenvalue weighted by Gasteiger charge is -2.10. The Morgan fingerprint density at radius 2 is 2.44 bits per heavy atom. The number of aromatic nitrogens is 2. The maximum atomic E-state index is 10.8. The highest BCUT2D eigenvalue weighted by atomic mass is 16.4. The Morgan fingerprint density at radius 1 is 1.75 bits per heavy atom. The Bertz CT molecular complexity index is 387. The Morgan fingerprint density at radius 3 is 2.88 bits per heavy atom. The van der Waals surface area contributed by atoms with Crippen molar-refractivity contribution in [3.8, 4) is 0 Å². The van der Waals surface area contributed by atoms with Crippen LogP contribution in [0.15, 0.2) is 6.07 Å². The number of amides is 1. The van der Waals surface area contributed by atoms with Crippen LogP contribution in [0.3, 0.4) is 0 Å². The van der Waals surface area contributed by atoms with E-state index in [1.807, 2.05) is 13.0 Å². The molecule has 16 heavy (non-hydrogen) atoms. The number of nitrogens with one attached hydrogen (secondary N) is 1. The number of carboxylic acids is 1. The molecule has 0 bridgehead atoms. The maximum Gasteiger partial charge on any atom is 0.326 e. The first-order chi connectivity index (χ1) is 7.58. The molecule has 2 N–H and O–H groups in total. The molecule has 0 fully saturated rings. The molecule has 0 aliphatic rings. The summed E-state index contributed by atoms with van der Waals surface area (Å²) >= 11 is 0. The number of carbonyl (C=O) groups is 2. The molecule has 1 unspecified atom stereocenters. The van der Waals surface area contributed by atoms with E-state index in [1.54, 1.807) is 11.7 Å². The Balaban J connectivity index is 2.79. The lowest BCUT2D eigenvalue weighted by Crippen LogP contribution is -2.38. The van der Waals surface area contributed by atoms with Crippen molar-refractivity contribution in [1.29, 1.82) is 0 Å². The van der Waals surface area contributed by atoms with Crippen LogP contribution in [-0.2, 0) is 29.5 Å². The maximum absolute atomic E-state index is 10.8. The summed E-state index contributed by atoms with van der Waals surface area (Å²) in [6, 6.07) is 0.945. The monoisotopic (exact) mass is 225 g/mol. The third-order valence-corrected chi connectivity index (χ3v) is 2.37. The molecule has 88 valence electrons. The fourth-order valence-corrected chi connectivity index (χ4v) is 1.44. The van der Waals surface area contributed by atoms with Gasteiger partial charge in [0.25, 0.3) is 0 Å². The molecule has 0 aromatic carbocycles. The fraction of sp³-hybridized carbons (Fsp3) is 0.500. The zero-order valence-electron chi connectivity index (χ0n) is 9.30. The molecular formula is C10H15N3O3. The first-order valence-corrected chi connectivity index (χ1v) is 5.02. The van der Waals surface area contributed by atoms with Crippen LogP contribution in [0.1, 0.15) is 18.3 Å². The van der Waals surface area contributed by atoms with Crippen LogP contribution < -0.4 is 5.32 Å². The van der Waals surface area contributed by atoms with Crippen LogP contribution in [0.4, 0.5) is 0 Å². The van der Waals surface area contributed by atoms with Gasteiger partial charge in [-0.15, -0.1) is 0 Å². The molecule has 0 saturated heterocycles. The van der Waals surface area contributed by atoms with E-state index in [9.17, 15) is 9.59 Å². The average Bonchev–Trinajstić information content (AvgIpc) is 2.59. The average molecular weight is 225 g/mol. The van der Waals surface area contributed by atoms with E-state index in [2.05, 4.69) is 10.4 Å². The van der Waals surface area contributed by atoms with Crippen LogP contribution in [0, 0.1) is 0 Å². The Kier molecular flexibility index (Phi) is 4.04. The van der Waals surface area contributed by atoms with Crippen LogP contribution in [0.2, 0.25) is 0 Å². The summed E-state index contributed by atoms with van der Waals surface area (Å²) < 4.78 is 1.64. The van der Waals surface area contributed by atoms with Crippen LogP contribution in [-0.4, -0.2) is 33.3 Å². The first-order valence-electron chi connectivity index (χ1n) is 5.02. The highest BCUT2D eigenvalue weighted by molar-refractivity contribution is 5.76. The van der Waals surface area contributed by atoms with E-state index < -0.39 is 12.0 Å². The van der Waals surface area contributed by atoms with Crippen molar-refractivity contribution < 1.29 is 14.7 Å². The Hall–Kier alpha value is -1.85. The van der Waals surface area contributed by atoms with E-state index in [0.717, 1.165) is 17.8 Å². The molecular weight excluding hydrogens is 210 g/mol. The highest BCUT2D eigenvalue weighted by Crippen LogP contribution is 2.06. The quantitative estimate of drug-likeness (QED) is 0.652. The second kappa shape index (κ2) is 5.29. The molecule has 1 heterocycles. The third-order valence-electron chi connectivity index (χ3n) is 2.37. The minimum atomic E-state index is -1.05. The van der Waals surface area contributed by atoms with Gasteiger partial charge in [0, 0.05) is 19.2 Å². The van der Waals surface area contributed by atoms with E-state index in [0.29, 0.717) is 6.41 Å². The second-order valence-corrected chi connectivity index (χ2v) is 3.48. The van der Waals surface area contributed by atoms with E-state index in [-0.39, 0.29) is 6.42 Å². The van der Waals surface area contributed by atoms with Crippen LogP contribution in [0.5, 0.6) is 0 Å². The number of hydrogen-bond donors (Lipinski definition) is 2. The minimum Gasteiger partial charge on any atom is -0.480 e. The van der Waals surface area contributed by atoms with Crippen molar-refractivity contribution >= 4 is 12.4 Å². The lowest BCUT2D eigenvalue weighted by molar-refractivity contribution is -0.140. The van der Waals surface area contributed by atoms with Crippen molar-refractivity contribution in [2.75, 3.05) is 0 Å². The zero-order valence-corrected chi connectivity index (χ0v) is 9.30. The molecule has 1 aromatic rings. The van der Waals surface area contributed by atoms with Gasteiger partial charge in [-0.05, 0) is 12.5 Å². The number of nitrogens with zero attached hydrogens (tertiary/aromatic N) is 2. The Labute approximate surface area is 93.3 Å². The summed E-state index contributed by atoms with van der Waals surface area (Å²) in [5.41, 5.74) is 1.70. The summed E-state index contributed by atoms with van der Waals surface area (Å²) in [4.78, 5) is 21.1. The molecule has 0 spiro atoms. The third kappa shape index (κ3) is 2.82. The van der Waals surface area contributed by atoms with Crippen molar-refractivity contribution in [2.24, 2.45) is 7.05 Å². The summed E-state index contributed by atoms with van der Waals surface area (Å²) in [7, 11) is 1.76. The summed E-state index contributed by atoms with van der Waals surface area (Å²) in [5.74, 6) is -1.05. The molecule has 0 aliphatic heterocycles. The van der Waals surface area contributed by atoms with Gasteiger partial charge >= 0.3 is 5.97 Å². The molecule has 6 heteroatoms. The summed E-state index contributed by atoms with van der Waals surface area (Å²) in [6.07, 6.45) is 1.43. The normalized spacial score (nSPS) is 12.1. The second-order valence-electron chi connectivity index (χ2n) is 3.48. The summed E-state index contributed by atoms with van der Waals surface area (Å²) in [5, 5.41) is 15.3. The van der Waals surface area contributed by atoms with Gasteiger partial charge in [-0.25, -0.2) is 4.79 Å². The van der Waals surface area contributed by atoms with Gasteiger partial charge in [-0.3, -0.25) is 9.48 Å². The molecule has 6 nitrogen and oxygen atoms in total. The topological polar surface area (TPSA) is 84.2 Å². The number of hydrogen-bond acceptors (Lipinski definition) is 3. The van der Waals surface area contributed by atoms with Crippen molar-refractivity contribution in [2.45, 2.75) is 25.8 Å². The van der Waals surface area contributed by atoms with Gasteiger partial charge in [-0.2, -0.15) is 5.10 Å². The number of carbonyl (C=O) groups excluding carboxylic acids is 1. The first kappa shape index (κ1) is 12.2. The molecule has 1 rings (SSSR count). The van der Waals surface area contributed by atoms with E-state index >= 15 is 0 Å². The van der Waals surface area contributed by atoms with Gasteiger partial charge in [0.05, 0.1) is 5.69 Å². The molecule has 0 aliphatic carbocycles. The van der Waals surface area contributed by atoms with Gasteiger partial charge in [0.2, 0.25) is 6.41 Å². The summed E-state index contributed by atoms with van der Waals surface area (Å²) in [6.45, 7) is 1.98. The van der Waals surface area contributed by atoms with E-state index in [4.69, 9.17) is 5.11 Å². The lowest BCUT2D eigenvalue weighted by atomic mass is 10.1. The van der Waals surface area contributed by atoms with Crippen LogP contribution >= 0.6 is 0 Å². The van der Waals surface area contributed by atoms with E-state index in [1.165, 1.54) is 0 Å². The zero-order chi connectivity index (χ0) is 12.1. The number of carboxylic acid groups (broad SMARTS) is 1. The molecule has 1 atom stereocenters. The van der Waals surface area contributed by atoms with Gasteiger partial charge < -0.3 is 10.4 Å². The SMILES string of the molecule is CCc1cc(CC(NC=O)C(=O)O)n(C)n1. The predicted octanol–water partition coefficient (Wildman–Crippen LogP) is -0.276.